The van der Waals surface area contributed by atoms with Gasteiger partial charge in [-0.3, -0.25) is 4.79 Å². The lowest BCUT2D eigenvalue weighted by Crippen LogP contribution is -2.50. The molecule has 0 N–H and O–H groups in total. The zero-order chi connectivity index (χ0) is 19.4. The predicted molar refractivity (Wildman–Crippen MR) is 114 cm³/mol. The monoisotopic (exact) mass is 398 g/mol. The highest BCUT2D eigenvalue weighted by Crippen LogP contribution is 2.44. The summed E-state index contributed by atoms with van der Waals surface area (Å²) in [5.74, 6) is 3.87. The molecule has 2 aliphatic carbocycles. The standard InChI is InChI=1S/C22H30N4OS/c1-13(2)22(27)26-10-8-25(9-11-26)20-18-16-7-4-14(3)12-17(16)28-21(18)24-19(23-20)15-5-6-15/h13-15H,4-12H2,1-3H3/t14-/m0/s1. The third-order valence-corrected chi connectivity index (χ3v) is 7.63. The maximum Gasteiger partial charge on any atom is 0.225 e. The van der Waals surface area contributed by atoms with Crippen LogP contribution < -0.4 is 4.90 Å². The summed E-state index contributed by atoms with van der Waals surface area (Å²) >= 11 is 1.91. The highest BCUT2D eigenvalue weighted by molar-refractivity contribution is 7.19. The molecule has 1 amide bonds. The van der Waals surface area contributed by atoms with Crippen LogP contribution in [-0.4, -0.2) is 47.0 Å². The van der Waals surface area contributed by atoms with Crippen LogP contribution in [0.4, 0.5) is 5.82 Å². The molecule has 150 valence electrons. The molecule has 0 unspecified atom stereocenters. The fourth-order valence-electron chi connectivity index (χ4n) is 4.60. The maximum absolute atomic E-state index is 12.4. The first-order valence-corrected chi connectivity index (χ1v) is 11.7. The molecule has 1 atom stereocenters. The lowest BCUT2D eigenvalue weighted by Gasteiger charge is -2.36. The van der Waals surface area contributed by atoms with Crippen molar-refractivity contribution in [3.8, 4) is 0 Å². The van der Waals surface area contributed by atoms with E-state index in [1.807, 2.05) is 30.1 Å². The zero-order valence-corrected chi connectivity index (χ0v) is 18.0. The second-order valence-electron chi connectivity index (χ2n) is 9.18. The molecule has 2 fully saturated rings. The SMILES string of the molecule is CC(C)C(=O)N1CCN(c2nc(C3CC3)nc3sc4c(c23)CC[C@H](C)C4)CC1. The molecule has 2 aromatic rings. The molecule has 0 spiro atoms. The highest BCUT2D eigenvalue weighted by Gasteiger charge is 2.32. The van der Waals surface area contributed by atoms with Gasteiger partial charge in [0.05, 0.1) is 5.39 Å². The van der Waals surface area contributed by atoms with E-state index >= 15 is 0 Å². The van der Waals surface area contributed by atoms with Crippen LogP contribution in [0.5, 0.6) is 0 Å². The molecule has 3 heterocycles. The summed E-state index contributed by atoms with van der Waals surface area (Å²) in [7, 11) is 0. The Morgan fingerprint density at radius 2 is 1.86 bits per heavy atom. The topological polar surface area (TPSA) is 49.3 Å². The molecule has 0 radical (unpaired) electrons. The first-order valence-electron chi connectivity index (χ1n) is 10.9. The van der Waals surface area contributed by atoms with E-state index < -0.39 is 0 Å². The first-order chi connectivity index (χ1) is 13.5. The van der Waals surface area contributed by atoms with Crippen molar-refractivity contribution in [3.63, 3.8) is 0 Å². The minimum Gasteiger partial charge on any atom is -0.352 e. The number of carbonyl (C=O) groups excluding carboxylic acids is 1. The molecule has 1 aliphatic heterocycles. The van der Waals surface area contributed by atoms with E-state index in [1.54, 1.807) is 0 Å². The summed E-state index contributed by atoms with van der Waals surface area (Å²) in [5, 5.41) is 1.32. The van der Waals surface area contributed by atoms with Gasteiger partial charge in [0.25, 0.3) is 0 Å². The molecule has 1 saturated carbocycles. The number of hydrogen-bond donors (Lipinski definition) is 0. The fraction of sp³-hybridized carbons (Fsp3) is 0.682. The molecule has 28 heavy (non-hydrogen) atoms. The Kier molecular flexibility index (Phi) is 4.57. The van der Waals surface area contributed by atoms with E-state index in [9.17, 15) is 4.79 Å². The van der Waals surface area contributed by atoms with Crippen molar-refractivity contribution < 1.29 is 4.79 Å². The van der Waals surface area contributed by atoms with Gasteiger partial charge in [-0.25, -0.2) is 9.97 Å². The number of fused-ring (bicyclic) bond motifs is 3. The minimum atomic E-state index is 0.0738. The summed E-state index contributed by atoms with van der Waals surface area (Å²) < 4.78 is 0. The van der Waals surface area contributed by atoms with Gasteiger partial charge in [-0.15, -0.1) is 11.3 Å². The van der Waals surface area contributed by atoms with E-state index in [-0.39, 0.29) is 11.8 Å². The number of piperazine rings is 1. The van der Waals surface area contributed by atoms with Gasteiger partial charge in [0.2, 0.25) is 5.91 Å². The molecule has 0 bridgehead atoms. The number of nitrogens with zero attached hydrogens (tertiary/aromatic N) is 4. The minimum absolute atomic E-state index is 0.0738. The number of aromatic nitrogens is 2. The second kappa shape index (κ2) is 6.97. The summed E-state index contributed by atoms with van der Waals surface area (Å²) in [6.07, 6.45) is 6.06. The van der Waals surface area contributed by atoms with Gasteiger partial charge < -0.3 is 9.80 Å². The zero-order valence-electron chi connectivity index (χ0n) is 17.2. The van der Waals surface area contributed by atoms with Gasteiger partial charge in [0, 0.05) is 42.9 Å². The summed E-state index contributed by atoms with van der Waals surface area (Å²) in [6, 6.07) is 0. The van der Waals surface area contributed by atoms with Crippen molar-refractivity contribution >= 4 is 33.3 Å². The number of aryl methyl sites for hydroxylation is 1. The fourth-order valence-corrected chi connectivity index (χ4v) is 5.98. The van der Waals surface area contributed by atoms with Gasteiger partial charge in [-0.05, 0) is 43.6 Å². The highest BCUT2D eigenvalue weighted by atomic mass is 32.1. The molecule has 2 aromatic heterocycles. The molecule has 3 aliphatic rings. The first kappa shape index (κ1) is 18.3. The van der Waals surface area contributed by atoms with Gasteiger partial charge >= 0.3 is 0 Å². The van der Waals surface area contributed by atoms with Gasteiger partial charge in [-0.2, -0.15) is 0 Å². The van der Waals surface area contributed by atoms with E-state index in [0.717, 1.165) is 50.2 Å². The molecule has 0 aromatic carbocycles. The Balaban J connectivity index is 1.50. The normalized spacial score (nSPS) is 22.8. The lowest BCUT2D eigenvalue weighted by atomic mass is 9.89. The van der Waals surface area contributed by atoms with Crippen molar-refractivity contribution in [1.29, 1.82) is 0 Å². The van der Waals surface area contributed by atoms with Gasteiger partial charge in [-0.1, -0.05) is 20.8 Å². The van der Waals surface area contributed by atoms with Crippen LogP contribution in [0.15, 0.2) is 0 Å². The largest absolute Gasteiger partial charge is 0.352 e. The van der Waals surface area contributed by atoms with Crippen LogP contribution in [0.3, 0.4) is 0 Å². The number of carbonyl (C=O) groups is 1. The van der Waals surface area contributed by atoms with E-state index in [4.69, 9.17) is 9.97 Å². The van der Waals surface area contributed by atoms with E-state index in [0.29, 0.717) is 5.92 Å². The number of amides is 1. The van der Waals surface area contributed by atoms with Crippen LogP contribution in [0.25, 0.3) is 10.2 Å². The lowest BCUT2D eigenvalue weighted by molar-refractivity contribution is -0.134. The average Bonchev–Trinajstić information content (AvgIpc) is 3.47. The van der Waals surface area contributed by atoms with Crippen LogP contribution >= 0.6 is 11.3 Å². The van der Waals surface area contributed by atoms with Crippen molar-refractivity contribution in [2.45, 2.75) is 58.8 Å². The number of thiophene rings is 1. The predicted octanol–water partition coefficient (Wildman–Crippen LogP) is 4.00. The molecule has 5 rings (SSSR count). The second-order valence-corrected chi connectivity index (χ2v) is 10.3. The molecule has 6 heteroatoms. The maximum atomic E-state index is 12.4. The van der Waals surface area contributed by atoms with Crippen LogP contribution in [0, 0.1) is 11.8 Å². The molecular formula is C22H30N4OS. The Morgan fingerprint density at radius 1 is 1.11 bits per heavy atom. The Morgan fingerprint density at radius 3 is 2.54 bits per heavy atom. The van der Waals surface area contributed by atoms with Crippen molar-refractivity contribution in [1.82, 2.24) is 14.9 Å². The van der Waals surface area contributed by atoms with Crippen molar-refractivity contribution in [3.05, 3.63) is 16.3 Å². The third-order valence-electron chi connectivity index (χ3n) is 6.48. The molecule has 1 saturated heterocycles. The van der Waals surface area contributed by atoms with E-state index in [2.05, 4.69) is 11.8 Å². The van der Waals surface area contributed by atoms with Crippen LogP contribution in [-0.2, 0) is 17.6 Å². The summed E-state index contributed by atoms with van der Waals surface area (Å²) in [6.45, 7) is 9.67. The average molecular weight is 399 g/mol. The molecular weight excluding hydrogens is 368 g/mol. The smallest absolute Gasteiger partial charge is 0.225 e. The number of hydrogen-bond acceptors (Lipinski definition) is 5. The Labute approximate surface area is 171 Å². The van der Waals surface area contributed by atoms with Crippen molar-refractivity contribution in [2.75, 3.05) is 31.1 Å². The Bertz CT molecular complexity index is 909. The van der Waals surface area contributed by atoms with Gasteiger partial charge in [0.1, 0.15) is 16.5 Å². The number of anilines is 1. The molecule has 5 nitrogen and oxygen atoms in total. The number of rotatable bonds is 3. The summed E-state index contributed by atoms with van der Waals surface area (Å²) in [5.41, 5.74) is 1.51. The third kappa shape index (κ3) is 3.19. The Hall–Kier alpha value is -1.69. The van der Waals surface area contributed by atoms with Gasteiger partial charge in [0.15, 0.2) is 0 Å². The van der Waals surface area contributed by atoms with E-state index in [1.165, 1.54) is 46.3 Å². The quantitative estimate of drug-likeness (QED) is 0.784. The van der Waals surface area contributed by atoms with Crippen LogP contribution in [0.2, 0.25) is 0 Å². The van der Waals surface area contributed by atoms with Crippen molar-refractivity contribution in [2.24, 2.45) is 11.8 Å². The summed E-state index contributed by atoms with van der Waals surface area (Å²) in [4.78, 5) is 29.7. The van der Waals surface area contributed by atoms with Crippen LogP contribution in [0.1, 0.15) is 62.2 Å².